The van der Waals surface area contributed by atoms with Crippen LogP contribution in [0.25, 0.3) is 0 Å². The Morgan fingerprint density at radius 2 is 1.76 bits per heavy atom. The lowest BCUT2D eigenvalue weighted by Gasteiger charge is -2.23. The van der Waals surface area contributed by atoms with Gasteiger partial charge < -0.3 is 4.74 Å². The molecule has 2 aromatic rings. The number of ether oxygens (including phenoxy) is 1. The van der Waals surface area contributed by atoms with Gasteiger partial charge in [-0.05, 0) is 48.1 Å². The molecule has 2 nitrogen and oxygen atoms in total. The molecule has 0 unspecified atom stereocenters. The molecular weight excluding hydrogens is 260 g/mol. The number of aldehydes is 1. The molecule has 0 saturated heterocycles. The van der Waals surface area contributed by atoms with Crippen molar-refractivity contribution < 1.29 is 9.53 Å². The molecule has 0 amide bonds. The maximum atomic E-state index is 10.9. The zero-order valence-corrected chi connectivity index (χ0v) is 13.1. The van der Waals surface area contributed by atoms with E-state index in [-0.39, 0.29) is 5.41 Å². The maximum absolute atomic E-state index is 10.9. The first-order valence-corrected chi connectivity index (χ1v) is 7.30. The van der Waals surface area contributed by atoms with Crippen molar-refractivity contribution in [1.29, 1.82) is 0 Å². The highest BCUT2D eigenvalue weighted by molar-refractivity contribution is 5.76. The van der Waals surface area contributed by atoms with Crippen molar-refractivity contribution in [2.45, 2.75) is 39.5 Å². The number of hydrogen-bond acceptors (Lipinski definition) is 2. The van der Waals surface area contributed by atoms with Gasteiger partial charge in [0.05, 0.1) is 0 Å². The fraction of sp³-hybridized carbons (Fsp3) is 0.316. The van der Waals surface area contributed by atoms with Crippen LogP contribution in [0.2, 0.25) is 0 Å². The fourth-order valence-corrected chi connectivity index (χ4v) is 2.11. The Morgan fingerprint density at radius 3 is 2.33 bits per heavy atom. The van der Waals surface area contributed by atoms with E-state index in [1.54, 1.807) is 12.1 Å². The van der Waals surface area contributed by atoms with Crippen molar-refractivity contribution in [3.63, 3.8) is 0 Å². The molecule has 0 atom stereocenters. The molecule has 0 aliphatic rings. The fourth-order valence-electron chi connectivity index (χ4n) is 2.11. The Balaban J connectivity index is 2.23. The minimum atomic E-state index is 0.173. The van der Waals surface area contributed by atoms with E-state index in [1.807, 2.05) is 25.1 Å². The van der Waals surface area contributed by atoms with Crippen molar-refractivity contribution in [3.05, 3.63) is 59.2 Å². The summed E-state index contributed by atoms with van der Waals surface area (Å²) in [7, 11) is 0. The summed E-state index contributed by atoms with van der Waals surface area (Å²) in [5.74, 6) is 1.51. The quantitative estimate of drug-likeness (QED) is 0.697. The van der Waals surface area contributed by atoms with Gasteiger partial charge in [-0.3, -0.25) is 4.79 Å². The SMILES string of the molecule is CCC(C)(C)c1ccc(Oc2cc(C=O)ccc2C)cc1. The van der Waals surface area contributed by atoms with Gasteiger partial charge in [-0.2, -0.15) is 0 Å². The summed E-state index contributed by atoms with van der Waals surface area (Å²) in [5, 5.41) is 0. The van der Waals surface area contributed by atoms with Gasteiger partial charge in [-0.1, -0.05) is 45.0 Å². The van der Waals surface area contributed by atoms with Crippen LogP contribution in [-0.2, 0) is 5.41 Å². The molecule has 0 aromatic heterocycles. The van der Waals surface area contributed by atoms with E-state index >= 15 is 0 Å². The first-order chi connectivity index (χ1) is 9.96. The second-order valence-electron chi connectivity index (χ2n) is 6.01. The van der Waals surface area contributed by atoms with Crippen molar-refractivity contribution in [1.82, 2.24) is 0 Å². The van der Waals surface area contributed by atoms with E-state index in [2.05, 4.69) is 32.9 Å². The first-order valence-electron chi connectivity index (χ1n) is 7.30. The van der Waals surface area contributed by atoms with Crippen molar-refractivity contribution in [2.75, 3.05) is 0 Å². The van der Waals surface area contributed by atoms with E-state index in [4.69, 9.17) is 4.74 Å². The van der Waals surface area contributed by atoms with Crippen LogP contribution >= 0.6 is 0 Å². The Morgan fingerprint density at radius 1 is 1.10 bits per heavy atom. The molecule has 21 heavy (non-hydrogen) atoms. The van der Waals surface area contributed by atoms with Gasteiger partial charge in [0, 0.05) is 5.56 Å². The lowest BCUT2D eigenvalue weighted by Crippen LogP contribution is -2.14. The second-order valence-corrected chi connectivity index (χ2v) is 6.01. The van der Waals surface area contributed by atoms with E-state index in [9.17, 15) is 4.79 Å². The first kappa shape index (κ1) is 15.3. The van der Waals surface area contributed by atoms with E-state index in [0.717, 1.165) is 29.8 Å². The largest absolute Gasteiger partial charge is 0.457 e. The average molecular weight is 282 g/mol. The van der Waals surface area contributed by atoms with Gasteiger partial charge in [0.2, 0.25) is 0 Å². The smallest absolute Gasteiger partial charge is 0.150 e. The van der Waals surface area contributed by atoms with Gasteiger partial charge in [-0.15, -0.1) is 0 Å². The third kappa shape index (κ3) is 3.52. The van der Waals surface area contributed by atoms with Crippen LogP contribution in [0.3, 0.4) is 0 Å². The predicted molar refractivity (Wildman–Crippen MR) is 86.4 cm³/mol. The highest BCUT2D eigenvalue weighted by Crippen LogP contribution is 2.30. The van der Waals surface area contributed by atoms with Crippen molar-refractivity contribution >= 4 is 6.29 Å². The summed E-state index contributed by atoms with van der Waals surface area (Å²) in [4.78, 5) is 10.9. The number of carbonyl (C=O) groups excluding carboxylic acids is 1. The molecular formula is C19H22O2. The second kappa shape index (κ2) is 6.13. The topological polar surface area (TPSA) is 26.3 Å². The molecule has 0 aliphatic carbocycles. The van der Waals surface area contributed by atoms with E-state index in [0.29, 0.717) is 5.56 Å². The maximum Gasteiger partial charge on any atom is 0.150 e. The monoisotopic (exact) mass is 282 g/mol. The van der Waals surface area contributed by atoms with Gasteiger partial charge in [0.1, 0.15) is 17.8 Å². The van der Waals surface area contributed by atoms with Gasteiger partial charge in [0.25, 0.3) is 0 Å². The van der Waals surface area contributed by atoms with Gasteiger partial charge in [-0.25, -0.2) is 0 Å². The van der Waals surface area contributed by atoms with Crippen molar-refractivity contribution in [2.24, 2.45) is 0 Å². The number of benzene rings is 2. The average Bonchev–Trinajstić information content (AvgIpc) is 2.50. The molecule has 0 N–H and O–H groups in total. The minimum absolute atomic E-state index is 0.173. The third-order valence-corrected chi connectivity index (χ3v) is 4.10. The van der Waals surface area contributed by atoms with Crippen LogP contribution in [0.1, 0.15) is 48.7 Å². The molecule has 2 heteroatoms. The molecule has 2 aromatic carbocycles. The molecule has 0 fully saturated rings. The minimum Gasteiger partial charge on any atom is -0.457 e. The summed E-state index contributed by atoms with van der Waals surface area (Å²) in [5.41, 5.74) is 3.11. The predicted octanol–water partition coefficient (Wildman–Crippen LogP) is 5.29. The van der Waals surface area contributed by atoms with Gasteiger partial charge in [0.15, 0.2) is 0 Å². The number of rotatable bonds is 5. The standard InChI is InChI=1S/C19H22O2/c1-5-19(3,4)16-8-10-17(11-9-16)21-18-12-15(13-20)7-6-14(18)2/h6-13H,5H2,1-4H3. The third-order valence-electron chi connectivity index (χ3n) is 4.10. The molecule has 0 heterocycles. The number of aryl methyl sites for hydroxylation is 1. The van der Waals surface area contributed by atoms with Crippen LogP contribution in [-0.4, -0.2) is 6.29 Å². The van der Waals surface area contributed by atoms with E-state index < -0.39 is 0 Å². The zero-order valence-electron chi connectivity index (χ0n) is 13.1. The summed E-state index contributed by atoms with van der Waals surface area (Å²) in [6, 6.07) is 13.6. The molecule has 0 saturated carbocycles. The Bertz CT molecular complexity index is 625. The summed E-state index contributed by atoms with van der Waals surface area (Å²) in [6.07, 6.45) is 1.92. The van der Waals surface area contributed by atoms with E-state index in [1.165, 1.54) is 5.56 Å². The summed E-state index contributed by atoms with van der Waals surface area (Å²) in [6.45, 7) is 8.64. The van der Waals surface area contributed by atoms with Crippen LogP contribution in [0.5, 0.6) is 11.5 Å². The van der Waals surface area contributed by atoms with Crippen LogP contribution in [0.15, 0.2) is 42.5 Å². The Kier molecular flexibility index (Phi) is 4.46. The normalized spacial score (nSPS) is 11.2. The van der Waals surface area contributed by atoms with Crippen LogP contribution < -0.4 is 4.74 Å². The molecule has 2 rings (SSSR count). The lowest BCUT2D eigenvalue weighted by molar-refractivity contribution is 0.112. The Labute approximate surface area is 126 Å². The lowest BCUT2D eigenvalue weighted by atomic mass is 9.82. The highest BCUT2D eigenvalue weighted by atomic mass is 16.5. The van der Waals surface area contributed by atoms with Gasteiger partial charge >= 0.3 is 0 Å². The zero-order chi connectivity index (χ0) is 15.5. The molecule has 110 valence electrons. The summed E-state index contributed by atoms with van der Waals surface area (Å²) >= 11 is 0. The van der Waals surface area contributed by atoms with Crippen LogP contribution in [0.4, 0.5) is 0 Å². The summed E-state index contributed by atoms with van der Waals surface area (Å²) < 4.78 is 5.89. The highest BCUT2D eigenvalue weighted by Gasteiger charge is 2.17. The Hall–Kier alpha value is -2.09. The van der Waals surface area contributed by atoms with Crippen LogP contribution in [0, 0.1) is 6.92 Å². The van der Waals surface area contributed by atoms with Crippen molar-refractivity contribution in [3.8, 4) is 11.5 Å². The molecule has 0 aliphatic heterocycles. The molecule has 0 spiro atoms. The molecule has 0 radical (unpaired) electrons. The number of carbonyl (C=O) groups is 1. The number of hydrogen-bond donors (Lipinski definition) is 0. The molecule has 0 bridgehead atoms.